The van der Waals surface area contributed by atoms with Crippen molar-refractivity contribution in [3.05, 3.63) is 58.8 Å². The summed E-state index contributed by atoms with van der Waals surface area (Å²) in [6.07, 6.45) is -5.34. The SMILES string of the molecule is CC(=O)Cc1ccn([C@@H]2O[C@H](CO[P@@](=O)(N[C@H]3CCOC3=O)Oc3ccccc3)[C@@H](OC(C)=O)C2(F)F)c(=O)n1. The Hall–Kier alpha value is -3.52. The molecular formula is C24H26F2N3O10P. The Balaban J connectivity index is 1.59. The lowest BCUT2D eigenvalue weighted by Crippen LogP contribution is -2.44. The van der Waals surface area contributed by atoms with Gasteiger partial charge in [0.1, 0.15) is 23.7 Å². The molecule has 3 heterocycles. The zero-order valence-electron chi connectivity index (χ0n) is 21.4. The van der Waals surface area contributed by atoms with Crippen molar-refractivity contribution in [2.75, 3.05) is 13.2 Å². The number of Topliss-reactive ketones (excluding diaryl/α,β-unsaturated/α-hetero) is 1. The van der Waals surface area contributed by atoms with E-state index >= 15 is 8.78 Å². The Bertz CT molecular complexity index is 1370. The van der Waals surface area contributed by atoms with Gasteiger partial charge in [0.25, 0.3) is 0 Å². The van der Waals surface area contributed by atoms with Crippen LogP contribution in [-0.4, -0.2) is 64.7 Å². The number of aromatic nitrogens is 2. The predicted octanol–water partition coefficient (Wildman–Crippen LogP) is 1.95. The van der Waals surface area contributed by atoms with Gasteiger partial charge < -0.3 is 18.7 Å². The highest BCUT2D eigenvalue weighted by molar-refractivity contribution is 7.52. The van der Waals surface area contributed by atoms with E-state index in [-0.39, 0.29) is 36.7 Å². The van der Waals surface area contributed by atoms with Crippen LogP contribution in [0.1, 0.15) is 32.2 Å². The van der Waals surface area contributed by atoms with Crippen molar-refractivity contribution in [2.24, 2.45) is 0 Å². The summed E-state index contributed by atoms with van der Waals surface area (Å²) in [6, 6.07) is 7.89. The van der Waals surface area contributed by atoms with E-state index in [9.17, 15) is 23.7 Å². The Morgan fingerprint density at radius 3 is 2.52 bits per heavy atom. The van der Waals surface area contributed by atoms with Crippen molar-refractivity contribution < 1.29 is 51.0 Å². The number of halogens is 2. The Morgan fingerprint density at radius 1 is 1.20 bits per heavy atom. The van der Waals surface area contributed by atoms with Crippen molar-refractivity contribution in [1.82, 2.24) is 14.6 Å². The molecule has 4 rings (SSSR count). The number of cyclic esters (lactones) is 1. The number of carbonyl (C=O) groups excluding carboxylic acids is 3. The second-order valence-electron chi connectivity index (χ2n) is 9.05. The third-order valence-corrected chi connectivity index (χ3v) is 7.41. The summed E-state index contributed by atoms with van der Waals surface area (Å²) in [5.41, 5.74) is -1.06. The Kier molecular flexibility index (Phi) is 8.78. The molecule has 2 aromatic rings. The van der Waals surface area contributed by atoms with Gasteiger partial charge in [0.05, 0.1) is 18.9 Å². The van der Waals surface area contributed by atoms with Gasteiger partial charge in [0.2, 0.25) is 6.23 Å². The van der Waals surface area contributed by atoms with Crippen LogP contribution in [0.5, 0.6) is 5.75 Å². The second kappa shape index (κ2) is 11.9. The maximum absolute atomic E-state index is 15.5. The fraction of sp³-hybridized carbons (Fsp3) is 0.458. The minimum absolute atomic E-state index is 0.0595. The van der Waals surface area contributed by atoms with E-state index in [1.807, 2.05) is 0 Å². The maximum Gasteiger partial charge on any atom is 0.459 e. The number of esters is 2. The van der Waals surface area contributed by atoms with Crippen molar-refractivity contribution in [3.63, 3.8) is 0 Å². The zero-order chi connectivity index (χ0) is 29.1. The summed E-state index contributed by atoms with van der Waals surface area (Å²) in [7, 11) is -4.43. The van der Waals surface area contributed by atoms with E-state index in [0.717, 1.165) is 13.1 Å². The molecule has 0 saturated carbocycles. The maximum atomic E-state index is 15.5. The van der Waals surface area contributed by atoms with Crippen molar-refractivity contribution in [3.8, 4) is 5.75 Å². The molecule has 0 amide bonds. The van der Waals surface area contributed by atoms with E-state index in [1.165, 1.54) is 25.1 Å². The molecule has 2 saturated heterocycles. The van der Waals surface area contributed by atoms with Crippen molar-refractivity contribution in [2.45, 2.75) is 57.1 Å². The summed E-state index contributed by atoms with van der Waals surface area (Å²) < 4.78 is 71.3. The van der Waals surface area contributed by atoms with Gasteiger partial charge in [-0.25, -0.2) is 9.36 Å². The van der Waals surface area contributed by atoms with Gasteiger partial charge in [-0.1, -0.05) is 18.2 Å². The van der Waals surface area contributed by atoms with Gasteiger partial charge in [-0.15, -0.1) is 0 Å². The van der Waals surface area contributed by atoms with Gasteiger partial charge in [-0.05, 0) is 25.1 Å². The minimum Gasteiger partial charge on any atom is -0.464 e. The van der Waals surface area contributed by atoms with Crippen molar-refractivity contribution >= 4 is 25.5 Å². The number of nitrogens with one attached hydrogen (secondary N) is 1. The zero-order valence-corrected chi connectivity index (χ0v) is 22.3. The topological polar surface area (TPSA) is 161 Å². The molecular weight excluding hydrogens is 559 g/mol. The summed E-state index contributed by atoms with van der Waals surface area (Å²) >= 11 is 0. The molecule has 0 radical (unpaired) electrons. The molecule has 0 aliphatic carbocycles. The number of ketones is 1. The average molecular weight is 585 g/mol. The number of rotatable bonds is 11. The van der Waals surface area contributed by atoms with E-state index in [0.29, 0.717) is 4.57 Å². The summed E-state index contributed by atoms with van der Waals surface area (Å²) in [5, 5.41) is 2.46. The van der Waals surface area contributed by atoms with Gasteiger partial charge in [0, 0.05) is 26.0 Å². The van der Waals surface area contributed by atoms with Crippen LogP contribution in [0.3, 0.4) is 0 Å². The molecule has 5 atom stereocenters. The van der Waals surface area contributed by atoms with Gasteiger partial charge in [-0.3, -0.25) is 23.5 Å². The van der Waals surface area contributed by atoms with Crippen LogP contribution >= 0.6 is 7.75 Å². The molecule has 13 nitrogen and oxygen atoms in total. The van der Waals surface area contributed by atoms with E-state index < -0.39 is 62.4 Å². The lowest BCUT2D eigenvalue weighted by molar-refractivity contribution is -0.174. The molecule has 1 N–H and O–H groups in total. The molecule has 1 aromatic carbocycles. The first-order valence-electron chi connectivity index (χ1n) is 12.1. The number of benzene rings is 1. The Morgan fingerprint density at radius 2 is 1.93 bits per heavy atom. The number of nitrogens with zero attached hydrogens (tertiary/aromatic N) is 2. The van der Waals surface area contributed by atoms with E-state index in [4.69, 9.17) is 23.3 Å². The predicted molar refractivity (Wildman–Crippen MR) is 130 cm³/mol. The highest BCUT2D eigenvalue weighted by Crippen LogP contribution is 2.49. The third kappa shape index (κ3) is 6.78. The quantitative estimate of drug-likeness (QED) is 0.302. The van der Waals surface area contributed by atoms with Crippen molar-refractivity contribution in [1.29, 1.82) is 0 Å². The minimum atomic E-state index is -4.43. The lowest BCUT2D eigenvalue weighted by atomic mass is 10.1. The number of hydrogen-bond acceptors (Lipinski definition) is 11. The molecule has 1 aromatic heterocycles. The van der Waals surface area contributed by atoms with Gasteiger partial charge in [-0.2, -0.15) is 18.9 Å². The van der Waals surface area contributed by atoms with Crippen LogP contribution < -0.4 is 15.3 Å². The highest BCUT2D eigenvalue weighted by atomic mass is 31.2. The Labute approximate surface area is 226 Å². The standard InChI is InChI=1S/C24H26F2N3O10P/c1-14(30)12-16-8-10-29(23(33)27-16)22-24(25,26)20(37-15(2)31)19(38-22)13-36-40(34,28-18-9-11-35-21(18)32)39-17-6-4-3-5-7-17/h3-8,10,18-20,22H,9,11-13H2,1-2H3,(H,28,34)/t18-,19+,20+,22+,40-/m0/s1. The first-order valence-corrected chi connectivity index (χ1v) is 13.6. The van der Waals surface area contributed by atoms with Crippen LogP contribution in [0.25, 0.3) is 0 Å². The number of ether oxygens (including phenoxy) is 3. The van der Waals surface area contributed by atoms with Crippen LogP contribution in [0, 0.1) is 0 Å². The fourth-order valence-corrected chi connectivity index (χ4v) is 5.63. The van der Waals surface area contributed by atoms with Gasteiger partial charge >= 0.3 is 31.3 Å². The molecule has 2 aliphatic heterocycles. The first kappa shape index (κ1) is 29.5. The van der Waals surface area contributed by atoms with Crippen LogP contribution in [0.15, 0.2) is 47.4 Å². The molecule has 16 heteroatoms. The average Bonchev–Trinajstić information content (AvgIpc) is 3.37. The number of carbonyl (C=O) groups is 3. The third-order valence-electron chi connectivity index (χ3n) is 5.84. The second-order valence-corrected chi connectivity index (χ2v) is 10.7. The van der Waals surface area contributed by atoms with Crippen LogP contribution in [-0.2, 0) is 44.1 Å². The highest BCUT2D eigenvalue weighted by Gasteiger charge is 2.62. The van der Waals surface area contributed by atoms with Crippen LogP contribution in [0.4, 0.5) is 8.78 Å². The molecule has 40 heavy (non-hydrogen) atoms. The fourth-order valence-electron chi connectivity index (χ4n) is 4.09. The molecule has 0 bridgehead atoms. The summed E-state index contributed by atoms with van der Waals surface area (Å²) in [5.74, 6) is -5.96. The molecule has 2 aliphatic rings. The number of para-hydroxylation sites is 1. The number of hydrogen-bond donors (Lipinski definition) is 1. The summed E-state index contributed by atoms with van der Waals surface area (Å²) in [6.45, 7) is 1.38. The van der Waals surface area contributed by atoms with Gasteiger partial charge in [0.15, 0.2) is 6.10 Å². The lowest BCUT2D eigenvalue weighted by Gasteiger charge is -2.25. The van der Waals surface area contributed by atoms with Crippen LogP contribution in [0.2, 0.25) is 0 Å². The largest absolute Gasteiger partial charge is 0.464 e. The van der Waals surface area contributed by atoms with E-state index in [1.54, 1.807) is 18.2 Å². The molecule has 2 fully saturated rings. The molecule has 0 unspecified atom stereocenters. The number of alkyl halides is 2. The molecule has 216 valence electrons. The normalized spacial score (nSPS) is 25.1. The smallest absolute Gasteiger partial charge is 0.459 e. The van der Waals surface area contributed by atoms with E-state index in [2.05, 4.69) is 10.1 Å². The first-order chi connectivity index (χ1) is 18.9. The molecule has 0 spiro atoms. The monoisotopic (exact) mass is 585 g/mol. The summed E-state index contributed by atoms with van der Waals surface area (Å²) in [4.78, 5) is 51.2.